The monoisotopic (exact) mass is 262 g/mol. The van der Waals surface area contributed by atoms with Gasteiger partial charge in [0.25, 0.3) is 0 Å². The quantitative estimate of drug-likeness (QED) is 0.769. The van der Waals surface area contributed by atoms with E-state index in [0.29, 0.717) is 23.8 Å². The van der Waals surface area contributed by atoms with Gasteiger partial charge in [0.2, 0.25) is 0 Å². The van der Waals surface area contributed by atoms with Gasteiger partial charge in [-0.25, -0.2) is 14.5 Å². The van der Waals surface area contributed by atoms with Gasteiger partial charge in [-0.15, -0.1) is 0 Å². The minimum absolute atomic E-state index is 0.209. The number of esters is 1. The summed E-state index contributed by atoms with van der Waals surface area (Å²) in [4.78, 5) is 19.9. The zero-order chi connectivity index (χ0) is 13.8. The molecule has 0 aliphatic carbocycles. The number of nitrogens with zero attached hydrogens (tertiary/aromatic N) is 4. The Hall–Kier alpha value is -2.44. The van der Waals surface area contributed by atoms with Crippen molar-refractivity contribution in [2.24, 2.45) is 0 Å². The average Bonchev–Trinajstić information content (AvgIpc) is 2.81. The van der Waals surface area contributed by atoms with E-state index in [1.165, 1.54) is 18.0 Å². The summed E-state index contributed by atoms with van der Waals surface area (Å²) in [6.07, 6.45) is 1.53. The Balaban J connectivity index is 2.46. The summed E-state index contributed by atoms with van der Waals surface area (Å²) in [6, 6.07) is 3.49. The molecule has 2 heterocycles. The van der Waals surface area contributed by atoms with E-state index in [0.717, 1.165) is 0 Å². The van der Waals surface area contributed by atoms with Crippen molar-refractivity contribution in [2.75, 3.05) is 13.7 Å². The van der Waals surface area contributed by atoms with Gasteiger partial charge in [0.05, 0.1) is 19.4 Å². The van der Waals surface area contributed by atoms with Crippen LogP contribution in [0.5, 0.6) is 6.01 Å². The highest BCUT2D eigenvalue weighted by Gasteiger charge is 2.17. The molecule has 2 aromatic rings. The predicted molar refractivity (Wildman–Crippen MR) is 66.4 cm³/mol. The van der Waals surface area contributed by atoms with Gasteiger partial charge in [0, 0.05) is 12.3 Å². The predicted octanol–water partition coefficient (Wildman–Crippen LogP) is 1.16. The van der Waals surface area contributed by atoms with Crippen molar-refractivity contribution in [2.45, 2.75) is 13.8 Å². The highest BCUT2D eigenvalue weighted by atomic mass is 16.5. The second kappa shape index (κ2) is 5.47. The molecule has 0 spiro atoms. The normalized spacial score (nSPS) is 10.3. The number of carbonyl (C=O) groups is 1. The summed E-state index contributed by atoms with van der Waals surface area (Å²) in [6.45, 7) is 3.84. The van der Waals surface area contributed by atoms with E-state index in [1.807, 2.05) is 0 Å². The summed E-state index contributed by atoms with van der Waals surface area (Å²) in [7, 11) is 1.47. The van der Waals surface area contributed by atoms with E-state index >= 15 is 0 Å². The maximum atomic E-state index is 11.8. The van der Waals surface area contributed by atoms with Crippen LogP contribution < -0.4 is 4.74 Å². The summed E-state index contributed by atoms with van der Waals surface area (Å²) < 4.78 is 11.4. The lowest BCUT2D eigenvalue weighted by Crippen LogP contribution is -2.13. The van der Waals surface area contributed by atoms with Gasteiger partial charge in [-0.2, -0.15) is 10.1 Å². The first-order chi connectivity index (χ1) is 9.15. The van der Waals surface area contributed by atoms with Crippen LogP contribution in [0.2, 0.25) is 0 Å². The molecule has 0 fully saturated rings. The zero-order valence-electron chi connectivity index (χ0n) is 11.0. The molecule has 0 unspecified atom stereocenters. The standard InChI is InChI=1S/C12H14N4O3/c1-4-19-11(17)9-7-8(2)15-16(9)10-5-6-13-12(14-10)18-3/h5-7H,4H2,1-3H3. The van der Waals surface area contributed by atoms with Gasteiger partial charge in [0.15, 0.2) is 11.5 Å². The molecule has 19 heavy (non-hydrogen) atoms. The van der Waals surface area contributed by atoms with E-state index in [9.17, 15) is 4.79 Å². The topological polar surface area (TPSA) is 79.1 Å². The summed E-state index contributed by atoms with van der Waals surface area (Å²) in [5, 5.41) is 4.23. The van der Waals surface area contributed by atoms with E-state index in [4.69, 9.17) is 9.47 Å². The first-order valence-corrected chi connectivity index (χ1v) is 5.77. The fourth-order valence-electron chi connectivity index (χ4n) is 1.57. The summed E-state index contributed by atoms with van der Waals surface area (Å²) in [5.74, 6) is 0.00341. The SMILES string of the molecule is CCOC(=O)c1cc(C)nn1-c1ccnc(OC)n1. The minimum Gasteiger partial charge on any atom is -0.467 e. The third-order valence-electron chi connectivity index (χ3n) is 2.33. The fraction of sp³-hybridized carbons (Fsp3) is 0.333. The highest BCUT2D eigenvalue weighted by molar-refractivity contribution is 5.88. The van der Waals surface area contributed by atoms with E-state index in [-0.39, 0.29) is 6.01 Å². The van der Waals surface area contributed by atoms with Crippen molar-refractivity contribution in [3.8, 4) is 11.8 Å². The molecule has 0 bridgehead atoms. The molecule has 7 nitrogen and oxygen atoms in total. The lowest BCUT2D eigenvalue weighted by atomic mass is 10.3. The smallest absolute Gasteiger partial charge is 0.357 e. The molecule has 0 saturated heterocycles. The van der Waals surface area contributed by atoms with Crippen LogP contribution in [0, 0.1) is 6.92 Å². The molecule has 0 amide bonds. The molecule has 0 atom stereocenters. The van der Waals surface area contributed by atoms with Crippen molar-refractivity contribution < 1.29 is 14.3 Å². The zero-order valence-corrected chi connectivity index (χ0v) is 11.0. The van der Waals surface area contributed by atoms with E-state index in [2.05, 4.69) is 15.1 Å². The molecule has 7 heteroatoms. The average molecular weight is 262 g/mol. The van der Waals surface area contributed by atoms with Crippen LogP contribution in [-0.2, 0) is 4.74 Å². The van der Waals surface area contributed by atoms with Crippen LogP contribution in [-0.4, -0.2) is 39.4 Å². The Kier molecular flexibility index (Phi) is 3.74. The number of rotatable bonds is 4. The van der Waals surface area contributed by atoms with Crippen molar-refractivity contribution >= 4 is 5.97 Å². The number of aromatic nitrogens is 4. The molecule has 0 radical (unpaired) electrons. The van der Waals surface area contributed by atoms with Crippen molar-refractivity contribution in [1.29, 1.82) is 0 Å². The molecule has 0 aliphatic rings. The first kappa shape index (κ1) is 13.0. The molecule has 2 rings (SSSR count). The van der Waals surface area contributed by atoms with Gasteiger partial charge in [0.1, 0.15) is 0 Å². The van der Waals surface area contributed by atoms with Crippen molar-refractivity contribution in [3.05, 3.63) is 29.7 Å². The number of methoxy groups -OCH3 is 1. The third-order valence-corrected chi connectivity index (χ3v) is 2.33. The van der Waals surface area contributed by atoms with Crippen LogP contribution in [0.15, 0.2) is 18.3 Å². The lowest BCUT2D eigenvalue weighted by molar-refractivity contribution is 0.0515. The first-order valence-electron chi connectivity index (χ1n) is 5.77. The maximum Gasteiger partial charge on any atom is 0.357 e. The Morgan fingerprint density at radius 1 is 1.47 bits per heavy atom. The van der Waals surface area contributed by atoms with Crippen LogP contribution >= 0.6 is 0 Å². The van der Waals surface area contributed by atoms with E-state index < -0.39 is 5.97 Å². The lowest BCUT2D eigenvalue weighted by Gasteiger charge is -2.06. The van der Waals surface area contributed by atoms with Gasteiger partial charge in [-0.05, 0) is 19.9 Å². The van der Waals surface area contributed by atoms with Gasteiger partial charge in [-0.1, -0.05) is 0 Å². The number of hydrogen-bond donors (Lipinski definition) is 0. The Morgan fingerprint density at radius 2 is 2.26 bits per heavy atom. The second-order valence-electron chi connectivity index (χ2n) is 3.70. The maximum absolute atomic E-state index is 11.8. The number of hydrogen-bond acceptors (Lipinski definition) is 6. The fourth-order valence-corrected chi connectivity index (χ4v) is 1.57. The largest absolute Gasteiger partial charge is 0.467 e. The number of aryl methyl sites for hydroxylation is 1. The van der Waals surface area contributed by atoms with Crippen LogP contribution in [0.25, 0.3) is 5.82 Å². The number of carbonyl (C=O) groups excluding carboxylic acids is 1. The Bertz CT molecular complexity index is 594. The molecule has 0 aromatic carbocycles. The Morgan fingerprint density at radius 3 is 2.95 bits per heavy atom. The Labute approximate surface area is 110 Å². The molecular formula is C12H14N4O3. The van der Waals surface area contributed by atoms with E-state index in [1.54, 1.807) is 26.0 Å². The third kappa shape index (κ3) is 2.70. The van der Waals surface area contributed by atoms with Crippen molar-refractivity contribution in [3.63, 3.8) is 0 Å². The molecular weight excluding hydrogens is 248 g/mol. The van der Waals surface area contributed by atoms with Gasteiger partial charge in [-0.3, -0.25) is 0 Å². The summed E-state index contributed by atoms with van der Waals surface area (Å²) in [5.41, 5.74) is 1.01. The summed E-state index contributed by atoms with van der Waals surface area (Å²) >= 11 is 0. The van der Waals surface area contributed by atoms with Gasteiger partial charge >= 0.3 is 12.0 Å². The van der Waals surface area contributed by atoms with Gasteiger partial charge < -0.3 is 9.47 Å². The van der Waals surface area contributed by atoms with Crippen LogP contribution in [0.3, 0.4) is 0 Å². The van der Waals surface area contributed by atoms with Crippen LogP contribution in [0.1, 0.15) is 23.1 Å². The highest BCUT2D eigenvalue weighted by Crippen LogP contribution is 2.13. The minimum atomic E-state index is -0.444. The van der Waals surface area contributed by atoms with Crippen molar-refractivity contribution in [1.82, 2.24) is 19.7 Å². The molecule has 0 saturated carbocycles. The number of ether oxygens (including phenoxy) is 2. The molecule has 100 valence electrons. The molecule has 2 aromatic heterocycles. The van der Waals surface area contributed by atoms with Crippen LogP contribution in [0.4, 0.5) is 0 Å². The molecule has 0 aliphatic heterocycles. The molecule has 0 N–H and O–H groups in total. The second-order valence-corrected chi connectivity index (χ2v) is 3.70.